The van der Waals surface area contributed by atoms with Gasteiger partial charge in [-0.2, -0.15) is 0 Å². The van der Waals surface area contributed by atoms with Crippen LogP contribution in [-0.4, -0.2) is 19.2 Å². The van der Waals surface area contributed by atoms with E-state index in [9.17, 15) is 5.11 Å². The minimum Gasteiger partial charge on any atom is -0.508 e. The Hall–Kier alpha value is -1.64. The molecule has 2 rings (SSSR count). The van der Waals surface area contributed by atoms with Crippen LogP contribution in [0.5, 0.6) is 5.75 Å². The second kappa shape index (κ2) is 6.21. The van der Waals surface area contributed by atoms with Gasteiger partial charge in [0.25, 0.3) is 0 Å². The summed E-state index contributed by atoms with van der Waals surface area (Å²) in [7, 11) is -1.10. The lowest BCUT2D eigenvalue weighted by atomic mass is 10.1. The number of halogens is 1. The van der Waals surface area contributed by atoms with Gasteiger partial charge in [-0.15, -0.1) is 10.2 Å². The van der Waals surface area contributed by atoms with E-state index in [0.29, 0.717) is 5.58 Å². The number of hydrogen-bond acceptors (Lipinski definition) is 6. The summed E-state index contributed by atoms with van der Waals surface area (Å²) in [5.41, 5.74) is 2.63. The summed E-state index contributed by atoms with van der Waals surface area (Å²) < 4.78 is 41.5. The fraction of sp³-hybridized carbons (Fsp3) is 0.250. The first kappa shape index (κ1) is 16.4. The Morgan fingerprint density at radius 3 is 2.15 bits per heavy atom. The maximum Gasteiger partial charge on any atom is 0.367 e. The van der Waals surface area contributed by atoms with Gasteiger partial charge < -0.3 is 9.52 Å². The second-order valence-corrected chi connectivity index (χ2v) is 4.98. The smallest absolute Gasteiger partial charge is 0.367 e. The Bertz CT molecular complexity index is 664. The molecule has 8 heteroatoms. The molecule has 1 aromatic heterocycles. The van der Waals surface area contributed by atoms with E-state index in [-0.39, 0.29) is 5.75 Å². The van der Waals surface area contributed by atoms with E-state index < -0.39 is 10.2 Å². The normalized spacial score (nSPS) is 10.9. The summed E-state index contributed by atoms with van der Waals surface area (Å²) in [4.78, 5) is 0. The van der Waals surface area contributed by atoms with Crippen LogP contribution in [0.3, 0.4) is 0 Å². The Balaban J connectivity index is 0.000000347. The van der Waals surface area contributed by atoms with Crippen molar-refractivity contribution in [1.82, 2.24) is 4.58 Å². The van der Waals surface area contributed by atoms with Crippen LogP contribution in [0.15, 0.2) is 28.7 Å². The zero-order valence-electron chi connectivity index (χ0n) is 11.1. The Kier molecular flexibility index (Phi) is 5.09. The average Bonchev–Trinajstić information content (AvgIpc) is 2.25. The highest BCUT2D eigenvalue weighted by atomic mass is 35.7. The van der Waals surface area contributed by atoms with Crippen LogP contribution >= 0.6 is 0 Å². The number of aryl methyl sites for hydroxylation is 1. The maximum absolute atomic E-state index is 9.38. The summed E-state index contributed by atoms with van der Waals surface area (Å²) in [5.74, 6) is 0.224. The van der Waals surface area contributed by atoms with Crippen LogP contribution in [0, 0.1) is 17.2 Å². The number of rotatable bonds is 0. The van der Waals surface area contributed by atoms with Gasteiger partial charge in [0.1, 0.15) is 25.4 Å². The maximum atomic E-state index is 9.38. The zero-order valence-corrected chi connectivity index (χ0v) is 11.9. The van der Waals surface area contributed by atoms with Crippen molar-refractivity contribution in [3.8, 4) is 5.75 Å². The van der Waals surface area contributed by atoms with Crippen molar-refractivity contribution in [2.24, 2.45) is 0 Å². The minimum absolute atomic E-state index is 0.224. The van der Waals surface area contributed by atoms with E-state index in [1.807, 2.05) is 37.7 Å². The molecule has 0 amide bonds. The van der Waals surface area contributed by atoms with E-state index in [2.05, 4.69) is 0 Å². The fourth-order valence-electron chi connectivity index (χ4n) is 1.55. The molecule has 20 heavy (non-hydrogen) atoms. The lowest BCUT2D eigenvalue weighted by Crippen LogP contribution is -2.68. The van der Waals surface area contributed by atoms with E-state index in [4.69, 9.17) is 23.1 Å². The van der Waals surface area contributed by atoms with E-state index >= 15 is 0 Å². The van der Waals surface area contributed by atoms with Gasteiger partial charge in [0.2, 0.25) is 0 Å². The van der Waals surface area contributed by atoms with Gasteiger partial charge in [0, 0.05) is 11.5 Å². The quantitative estimate of drug-likeness (QED) is 0.508. The number of phenolic OH excluding ortho intramolecular Hbond substituents is 1. The molecule has 0 aliphatic carbocycles. The van der Waals surface area contributed by atoms with Gasteiger partial charge in [-0.05, 0) is 24.6 Å². The summed E-state index contributed by atoms with van der Waals surface area (Å²) in [6.45, 7) is 2.03. The van der Waals surface area contributed by atoms with Crippen LogP contribution in [0.1, 0.15) is 5.56 Å². The highest BCUT2D eigenvalue weighted by Gasteiger charge is 2.04. The molecule has 0 saturated carbocycles. The van der Waals surface area contributed by atoms with Gasteiger partial charge >= 0.3 is 5.55 Å². The number of phenols is 1. The molecule has 1 N–H and O–H groups in total. The van der Waals surface area contributed by atoms with E-state index in [0.717, 1.165) is 16.5 Å². The molecular weight excluding hydrogens is 290 g/mol. The molecule has 0 atom stereocenters. The van der Waals surface area contributed by atoms with Crippen molar-refractivity contribution in [3.63, 3.8) is 0 Å². The Morgan fingerprint density at radius 1 is 1.10 bits per heavy atom. The number of fused-ring (bicyclic) bond motifs is 1. The van der Waals surface area contributed by atoms with Crippen molar-refractivity contribution in [2.75, 3.05) is 14.1 Å². The van der Waals surface area contributed by atoms with E-state index in [1.165, 1.54) is 0 Å². The highest BCUT2D eigenvalue weighted by Crippen LogP contribution is 2.20. The molecule has 0 spiro atoms. The van der Waals surface area contributed by atoms with Gasteiger partial charge in [0.15, 0.2) is 0 Å². The molecule has 0 radical (unpaired) electrons. The largest absolute Gasteiger partial charge is 0.508 e. The Morgan fingerprint density at radius 2 is 1.65 bits per heavy atom. The highest BCUT2D eigenvalue weighted by molar-refractivity contribution is 5.81. The number of aromatic hydroxyl groups is 1. The SMILES string of the molecule is Cc1cc(=[N+](C)C)oc2cc(O)ccc12.[O-][Cl+3]([O-])([O-])[O-]. The van der Waals surface area contributed by atoms with Gasteiger partial charge in [-0.3, -0.25) is 0 Å². The average molecular weight is 304 g/mol. The lowest BCUT2D eigenvalue weighted by molar-refractivity contribution is -2.00. The molecule has 0 fully saturated rings. The first-order valence-electron chi connectivity index (χ1n) is 5.43. The first-order chi connectivity index (χ1) is 9.08. The monoisotopic (exact) mass is 303 g/mol. The van der Waals surface area contributed by atoms with Crippen molar-refractivity contribution in [2.45, 2.75) is 6.92 Å². The van der Waals surface area contributed by atoms with Crippen LogP contribution in [0.25, 0.3) is 11.0 Å². The number of benzene rings is 1. The van der Waals surface area contributed by atoms with Crippen molar-refractivity contribution >= 4 is 11.0 Å². The van der Waals surface area contributed by atoms with Gasteiger partial charge in [0.05, 0.1) is 6.07 Å². The summed E-state index contributed by atoms with van der Waals surface area (Å²) in [5, 5.41) is 10.4. The fourth-order valence-corrected chi connectivity index (χ4v) is 1.55. The van der Waals surface area contributed by atoms with Crippen LogP contribution in [-0.2, 0) is 0 Å². The molecule has 110 valence electrons. The first-order valence-corrected chi connectivity index (χ1v) is 6.67. The number of hydrogen-bond donors (Lipinski definition) is 1. The molecule has 7 nitrogen and oxygen atoms in total. The summed E-state index contributed by atoms with van der Waals surface area (Å²) in [6, 6.07) is 7.15. The third-order valence-electron chi connectivity index (χ3n) is 2.39. The third kappa shape index (κ3) is 5.16. The van der Waals surface area contributed by atoms with Gasteiger partial charge in [-0.1, -0.05) is 0 Å². The molecular formula is C12H14ClNO6. The second-order valence-electron chi connectivity index (χ2n) is 4.22. The predicted molar refractivity (Wildman–Crippen MR) is 59.7 cm³/mol. The molecule has 0 aliphatic heterocycles. The van der Waals surface area contributed by atoms with Crippen LogP contribution in [0.4, 0.5) is 0 Å². The predicted octanol–water partition coefficient (Wildman–Crippen LogP) is -3.28. The molecule has 1 heterocycles. The molecule has 2 aromatic rings. The van der Waals surface area contributed by atoms with Crippen molar-refractivity contribution in [1.29, 1.82) is 0 Å². The lowest BCUT2D eigenvalue weighted by Gasteiger charge is -2.17. The standard InChI is InChI=1S/C12H13NO2.ClHO4/c1-8-6-12(13(2)3)15-11-7-9(14)4-5-10(8)11;2-1(3,4)5/h4-7H,1-3H3;(H,2,3,4,5). The molecule has 0 bridgehead atoms. The molecule has 0 unspecified atom stereocenters. The molecule has 0 saturated heterocycles. The van der Waals surface area contributed by atoms with Crippen LogP contribution < -0.4 is 28.8 Å². The topological polar surface area (TPSA) is 129 Å². The number of nitrogens with zero attached hydrogens (tertiary/aromatic N) is 1. The van der Waals surface area contributed by atoms with Gasteiger partial charge in [-0.25, -0.2) is 23.2 Å². The molecule has 1 aromatic carbocycles. The minimum atomic E-state index is -4.94. The zero-order chi connectivity index (χ0) is 15.5. The third-order valence-corrected chi connectivity index (χ3v) is 2.39. The van der Waals surface area contributed by atoms with Crippen molar-refractivity contribution in [3.05, 3.63) is 35.4 Å². The van der Waals surface area contributed by atoms with Crippen molar-refractivity contribution < 1.29 is 38.4 Å². The summed E-state index contributed by atoms with van der Waals surface area (Å²) >= 11 is 0. The molecule has 0 aliphatic rings. The summed E-state index contributed by atoms with van der Waals surface area (Å²) in [6.07, 6.45) is 0. The van der Waals surface area contributed by atoms with E-state index in [1.54, 1.807) is 12.1 Å². The Labute approximate surface area is 117 Å². The van der Waals surface area contributed by atoms with Crippen LogP contribution in [0.2, 0.25) is 0 Å².